The molecule has 1 aromatic heterocycles. The highest BCUT2D eigenvalue weighted by Gasteiger charge is 2.00. The molecule has 0 spiro atoms. The summed E-state index contributed by atoms with van der Waals surface area (Å²) in [5, 5.41) is 10.7. The van der Waals surface area contributed by atoms with Gasteiger partial charge in [0.15, 0.2) is 5.75 Å². The fourth-order valence-corrected chi connectivity index (χ4v) is 0.970. The minimum atomic E-state index is 0.0764. The first-order valence-electron chi connectivity index (χ1n) is 2.03. The summed E-state index contributed by atoms with van der Waals surface area (Å²) >= 11 is 1.23. The van der Waals surface area contributed by atoms with Gasteiger partial charge in [-0.2, -0.15) is 0 Å². The number of nitrogens with two attached hydrogens (primary N) is 2. The van der Waals surface area contributed by atoms with Crippen LogP contribution in [0.1, 0.15) is 0 Å². The first-order valence-corrected chi connectivity index (χ1v) is 2.91. The average Bonchev–Trinajstić information content (AvgIpc) is 1.98. The second-order valence-electron chi connectivity index (χ2n) is 1.40. The highest BCUT2D eigenvalue weighted by Crippen LogP contribution is 2.32. The Morgan fingerprint density at radius 3 is 2.25 bits per heavy atom. The Labute approximate surface area is 50.5 Å². The molecule has 5 N–H and O–H groups in total. The van der Waals surface area contributed by atoms with Gasteiger partial charge in [0.05, 0.1) is 0 Å². The molecule has 0 aliphatic heterocycles. The monoisotopic (exact) mass is 130 g/mol. The van der Waals surface area contributed by atoms with Crippen molar-refractivity contribution in [2.75, 3.05) is 11.5 Å². The number of hydrogen-bond acceptors (Lipinski definition) is 4. The zero-order valence-corrected chi connectivity index (χ0v) is 4.90. The van der Waals surface area contributed by atoms with E-state index in [9.17, 15) is 0 Å². The number of thiophene rings is 1. The van der Waals surface area contributed by atoms with Crippen LogP contribution in [0.2, 0.25) is 0 Å². The molecule has 0 unspecified atom stereocenters. The number of anilines is 2. The van der Waals surface area contributed by atoms with Crippen LogP contribution in [0.5, 0.6) is 5.75 Å². The first-order chi connectivity index (χ1) is 3.72. The molecule has 1 aromatic rings. The van der Waals surface area contributed by atoms with Crippen LogP contribution in [-0.2, 0) is 0 Å². The second-order valence-corrected chi connectivity index (χ2v) is 2.31. The Balaban J connectivity index is 3.19. The second kappa shape index (κ2) is 1.56. The van der Waals surface area contributed by atoms with Gasteiger partial charge in [-0.25, -0.2) is 0 Å². The molecular weight excluding hydrogens is 124 g/mol. The SMILES string of the molecule is Nc1scc(O)c1N. The van der Waals surface area contributed by atoms with Gasteiger partial charge in [0, 0.05) is 5.38 Å². The molecule has 0 saturated heterocycles. The molecule has 8 heavy (non-hydrogen) atoms. The summed E-state index contributed by atoms with van der Waals surface area (Å²) in [7, 11) is 0. The topological polar surface area (TPSA) is 72.3 Å². The zero-order chi connectivity index (χ0) is 6.15. The maximum atomic E-state index is 8.75. The lowest BCUT2D eigenvalue weighted by Crippen LogP contribution is -1.87. The summed E-state index contributed by atoms with van der Waals surface area (Å²) in [6.45, 7) is 0. The predicted molar refractivity (Wildman–Crippen MR) is 34.8 cm³/mol. The molecule has 0 aliphatic rings. The quantitative estimate of drug-likeness (QED) is 0.482. The van der Waals surface area contributed by atoms with E-state index in [0.29, 0.717) is 5.00 Å². The van der Waals surface area contributed by atoms with Crippen molar-refractivity contribution in [1.29, 1.82) is 0 Å². The molecule has 0 saturated carbocycles. The Kier molecular flexibility index (Phi) is 1.02. The van der Waals surface area contributed by atoms with Crippen molar-refractivity contribution in [2.24, 2.45) is 0 Å². The lowest BCUT2D eigenvalue weighted by atomic mass is 10.5. The largest absolute Gasteiger partial charge is 0.505 e. The highest BCUT2D eigenvalue weighted by atomic mass is 32.1. The summed E-state index contributed by atoms with van der Waals surface area (Å²) < 4.78 is 0. The minimum Gasteiger partial charge on any atom is -0.505 e. The van der Waals surface area contributed by atoms with E-state index in [2.05, 4.69) is 0 Å². The first kappa shape index (κ1) is 5.24. The molecule has 1 rings (SSSR count). The number of rotatable bonds is 0. The van der Waals surface area contributed by atoms with E-state index in [4.69, 9.17) is 16.6 Å². The van der Waals surface area contributed by atoms with Gasteiger partial charge in [0.1, 0.15) is 10.7 Å². The lowest BCUT2D eigenvalue weighted by Gasteiger charge is -1.86. The summed E-state index contributed by atoms with van der Waals surface area (Å²) in [5.41, 5.74) is 10.8. The third-order valence-electron chi connectivity index (χ3n) is 0.839. The van der Waals surface area contributed by atoms with Gasteiger partial charge >= 0.3 is 0 Å². The van der Waals surface area contributed by atoms with Crippen molar-refractivity contribution >= 4 is 22.0 Å². The van der Waals surface area contributed by atoms with E-state index >= 15 is 0 Å². The van der Waals surface area contributed by atoms with Crippen LogP contribution in [0.15, 0.2) is 5.38 Å². The van der Waals surface area contributed by atoms with Crippen molar-refractivity contribution in [2.45, 2.75) is 0 Å². The van der Waals surface area contributed by atoms with E-state index in [1.165, 1.54) is 16.7 Å². The van der Waals surface area contributed by atoms with E-state index in [-0.39, 0.29) is 11.4 Å². The Morgan fingerprint density at radius 1 is 1.50 bits per heavy atom. The normalized spacial score (nSPS) is 9.50. The molecule has 0 radical (unpaired) electrons. The molecule has 0 aliphatic carbocycles. The van der Waals surface area contributed by atoms with E-state index in [0.717, 1.165) is 0 Å². The summed E-state index contributed by atoms with van der Waals surface area (Å²) in [4.78, 5) is 0. The van der Waals surface area contributed by atoms with E-state index in [1.54, 1.807) is 0 Å². The van der Waals surface area contributed by atoms with Gasteiger partial charge in [0.2, 0.25) is 0 Å². The van der Waals surface area contributed by atoms with Gasteiger partial charge in [-0.15, -0.1) is 11.3 Å². The molecular formula is C4H6N2OS. The summed E-state index contributed by atoms with van der Waals surface area (Å²) in [5.74, 6) is 0.0764. The fourth-order valence-electron chi connectivity index (χ4n) is 0.372. The van der Waals surface area contributed by atoms with Crippen LogP contribution in [0.4, 0.5) is 10.7 Å². The third kappa shape index (κ3) is 0.586. The predicted octanol–water partition coefficient (Wildman–Crippen LogP) is 0.618. The smallest absolute Gasteiger partial charge is 0.151 e. The Bertz CT molecular complexity index is 176. The lowest BCUT2D eigenvalue weighted by molar-refractivity contribution is 0.480. The van der Waals surface area contributed by atoms with Crippen molar-refractivity contribution in [3.63, 3.8) is 0 Å². The van der Waals surface area contributed by atoms with E-state index in [1.807, 2.05) is 0 Å². The van der Waals surface area contributed by atoms with Crippen molar-refractivity contribution < 1.29 is 5.11 Å². The molecule has 0 fully saturated rings. The van der Waals surface area contributed by atoms with Gasteiger partial charge in [-0.3, -0.25) is 0 Å². The molecule has 0 bridgehead atoms. The molecule has 0 amide bonds. The van der Waals surface area contributed by atoms with Crippen molar-refractivity contribution in [3.8, 4) is 5.75 Å². The van der Waals surface area contributed by atoms with Crippen LogP contribution in [-0.4, -0.2) is 5.11 Å². The maximum absolute atomic E-state index is 8.75. The third-order valence-corrected chi connectivity index (χ3v) is 1.65. The molecule has 4 heteroatoms. The van der Waals surface area contributed by atoms with Crippen LogP contribution < -0.4 is 11.5 Å². The van der Waals surface area contributed by atoms with Gasteiger partial charge < -0.3 is 16.6 Å². The van der Waals surface area contributed by atoms with Crippen LogP contribution >= 0.6 is 11.3 Å². The van der Waals surface area contributed by atoms with Crippen LogP contribution in [0, 0.1) is 0 Å². The van der Waals surface area contributed by atoms with E-state index < -0.39 is 0 Å². The summed E-state index contributed by atoms with van der Waals surface area (Å²) in [6.07, 6.45) is 0. The molecule has 3 nitrogen and oxygen atoms in total. The van der Waals surface area contributed by atoms with Gasteiger partial charge in [-0.05, 0) is 0 Å². The standard InChI is InChI=1S/C4H6N2OS/c5-3-2(7)1-8-4(3)6/h1,7H,5-6H2. The minimum absolute atomic E-state index is 0.0764. The van der Waals surface area contributed by atoms with Crippen molar-refractivity contribution in [3.05, 3.63) is 5.38 Å². The van der Waals surface area contributed by atoms with Crippen LogP contribution in [0.3, 0.4) is 0 Å². The fraction of sp³-hybridized carbons (Fsp3) is 0. The number of aromatic hydroxyl groups is 1. The van der Waals surface area contributed by atoms with Gasteiger partial charge in [0.25, 0.3) is 0 Å². The zero-order valence-electron chi connectivity index (χ0n) is 4.09. The number of hydrogen-bond donors (Lipinski definition) is 3. The Morgan fingerprint density at radius 2 is 2.12 bits per heavy atom. The Hall–Kier alpha value is -0.900. The highest BCUT2D eigenvalue weighted by molar-refractivity contribution is 7.15. The number of nitrogen functional groups attached to an aromatic ring is 2. The average molecular weight is 130 g/mol. The van der Waals surface area contributed by atoms with Crippen molar-refractivity contribution in [1.82, 2.24) is 0 Å². The molecule has 0 atom stereocenters. The molecule has 1 heterocycles. The maximum Gasteiger partial charge on any atom is 0.151 e. The van der Waals surface area contributed by atoms with Crippen LogP contribution in [0.25, 0.3) is 0 Å². The van der Waals surface area contributed by atoms with Gasteiger partial charge in [-0.1, -0.05) is 0 Å². The molecule has 44 valence electrons. The summed E-state index contributed by atoms with van der Waals surface area (Å²) in [6, 6.07) is 0. The molecule has 0 aromatic carbocycles.